The van der Waals surface area contributed by atoms with Gasteiger partial charge in [-0.05, 0) is 13.0 Å². The molecule has 0 saturated carbocycles. The molecule has 0 aliphatic heterocycles. The average Bonchev–Trinajstić information content (AvgIpc) is 2.28. The van der Waals surface area contributed by atoms with Crippen LogP contribution in [0.2, 0.25) is 0 Å². The van der Waals surface area contributed by atoms with Gasteiger partial charge in [0.05, 0.1) is 11.5 Å². The molecule has 0 spiro atoms. The van der Waals surface area contributed by atoms with Crippen LogP contribution in [0, 0.1) is 10.1 Å². The number of alkyl halides is 2. The molecule has 0 bridgehead atoms. The Balaban J connectivity index is 3.18. The van der Waals surface area contributed by atoms with Crippen molar-refractivity contribution in [1.82, 2.24) is 4.98 Å². The maximum atomic E-state index is 12.5. The van der Waals surface area contributed by atoms with Gasteiger partial charge in [0.25, 0.3) is 12.1 Å². The van der Waals surface area contributed by atoms with Crippen LogP contribution in [0.25, 0.3) is 0 Å². The number of carbonyl (C=O) groups excluding carboxylic acids is 1. The molecule has 1 rings (SSSR count). The molecule has 0 atom stereocenters. The molecular weight excluding hydrogens is 238 g/mol. The van der Waals surface area contributed by atoms with E-state index in [0.29, 0.717) is 0 Å². The van der Waals surface area contributed by atoms with Crippen molar-refractivity contribution in [2.75, 3.05) is 6.61 Å². The smallest absolute Gasteiger partial charge is 0.356 e. The summed E-state index contributed by atoms with van der Waals surface area (Å²) in [5.74, 6) is -0.899. The van der Waals surface area contributed by atoms with Gasteiger partial charge in [0.2, 0.25) is 0 Å². The predicted octanol–water partition coefficient (Wildman–Crippen LogP) is 2.10. The Kier molecular flexibility index (Phi) is 4.02. The van der Waals surface area contributed by atoms with Gasteiger partial charge in [-0.25, -0.2) is 18.6 Å². The Morgan fingerprint density at radius 2 is 2.24 bits per heavy atom. The highest BCUT2D eigenvalue weighted by Crippen LogP contribution is 2.27. The van der Waals surface area contributed by atoms with Gasteiger partial charge in [-0.15, -0.1) is 0 Å². The van der Waals surface area contributed by atoms with Crippen LogP contribution in [-0.4, -0.2) is 22.5 Å². The zero-order chi connectivity index (χ0) is 13.0. The van der Waals surface area contributed by atoms with Gasteiger partial charge >= 0.3 is 5.97 Å². The van der Waals surface area contributed by atoms with Crippen molar-refractivity contribution in [3.63, 3.8) is 0 Å². The molecule has 0 unspecified atom stereocenters. The van der Waals surface area contributed by atoms with E-state index in [1.807, 2.05) is 0 Å². The van der Waals surface area contributed by atoms with Gasteiger partial charge in [-0.2, -0.15) is 0 Å². The van der Waals surface area contributed by atoms with Crippen LogP contribution < -0.4 is 0 Å². The highest BCUT2D eigenvalue weighted by Gasteiger charge is 2.25. The molecule has 0 aliphatic rings. The summed E-state index contributed by atoms with van der Waals surface area (Å²) < 4.78 is 29.5. The van der Waals surface area contributed by atoms with Gasteiger partial charge in [-0.3, -0.25) is 10.1 Å². The second kappa shape index (κ2) is 5.28. The predicted molar refractivity (Wildman–Crippen MR) is 51.8 cm³/mol. The summed E-state index contributed by atoms with van der Waals surface area (Å²) in [5, 5.41) is 10.4. The summed E-state index contributed by atoms with van der Waals surface area (Å²) in [6, 6.07) is 1.78. The van der Waals surface area contributed by atoms with Gasteiger partial charge in [0.1, 0.15) is 5.69 Å². The first-order valence-electron chi connectivity index (χ1n) is 4.58. The molecule has 0 amide bonds. The maximum Gasteiger partial charge on any atom is 0.356 e. The molecule has 1 aromatic rings. The first-order valence-corrected chi connectivity index (χ1v) is 4.58. The Labute approximate surface area is 94.4 Å². The van der Waals surface area contributed by atoms with Crippen molar-refractivity contribution in [1.29, 1.82) is 0 Å². The normalized spacial score (nSPS) is 10.4. The molecule has 0 saturated heterocycles. The minimum atomic E-state index is -3.13. The van der Waals surface area contributed by atoms with Crippen molar-refractivity contribution in [3.05, 3.63) is 33.6 Å². The highest BCUT2D eigenvalue weighted by atomic mass is 19.3. The number of pyridine rings is 1. The summed E-state index contributed by atoms with van der Waals surface area (Å²) >= 11 is 0. The third-order valence-electron chi connectivity index (χ3n) is 1.79. The van der Waals surface area contributed by atoms with E-state index in [9.17, 15) is 23.7 Å². The van der Waals surface area contributed by atoms with Gasteiger partial charge in [0, 0.05) is 6.07 Å². The molecule has 0 N–H and O–H groups in total. The number of nitrogens with zero attached hydrogens (tertiary/aromatic N) is 2. The first-order chi connectivity index (χ1) is 7.97. The molecule has 0 radical (unpaired) electrons. The molecule has 0 aliphatic carbocycles. The molecule has 1 heterocycles. The van der Waals surface area contributed by atoms with Crippen LogP contribution in [0.1, 0.15) is 29.5 Å². The second-order valence-electron chi connectivity index (χ2n) is 2.88. The van der Waals surface area contributed by atoms with Crippen molar-refractivity contribution < 1.29 is 23.2 Å². The van der Waals surface area contributed by atoms with E-state index in [0.717, 1.165) is 12.1 Å². The topological polar surface area (TPSA) is 82.3 Å². The standard InChI is InChI=1S/C9H8F2N2O4/c1-2-17-9(14)5-3-4-6(13(15)16)7(12-5)8(10)11/h3-4,8H,2H2,1H3. The number of rotatable bonds is 4. The fourth-order valence-electron chi connectivity index (χ4n) is 1.10. The van der Waals surface area contributed by atoms with Crippen molar-refractivity contribution in [3.8, 4) is 0 Å². The number of aromatic nitrogens is 1. The van der Waals surface area contributed by atoms with E-state index in [4.69, 9.17) is 0 Å². The van der Waals surface area contributed by atoms with E-state index >= 15 is 0 Å². The number of hydrogen-bond donors (Lipinski definition) is 0. The molecule has 1 aromatic heterocycles. The number of ether oxygens (including phenoxy) is 1. The largest absolute Gasteiger partial charge is 0.461 e. The molecule has 6 nitrogen and oxygen atoms in total. The average molecular weight is 246 g/mol. The summed E-state index contributed by atoms with van der Waals surface area (Å²) in [4.78, 5) is 23.9. The summed E-state index contributed by atoms with van der Waals surface area (Å²) in [7, 11) is 0. The lowest BCUT2D eigenvalue weighted by atomic mass is 10.2. The lowest BCUT2D eigenvalue weighted by Crippen LogP contribution is -2.10. The number of esters is 1. The monoisotopic (exact) mass is 246 g/mol. The number of hydrogen-bond acceptors (Lipinski definition) is 5. The van der Waals surface area contributed by atoms with Crippen molar-refractivity contribution >= 4 is 11.7 Å². The van der Waals surface area contributed by atoms with Crippen molar-refractivity contribution in [2.24, 2.45) is 0 Å². The van der Waals surface area contributed by atoms with Gasteiger partial charge in [0.15, 0.2) is 5.69 Å². The SMILES string of the molecule is CCOC(=O)c1ccc([N+](=O)[O-])c(C(F)F)n1. The molecule has 0 fully saturated rings. The third kappa shape index (κ3) is 2.92. The fourth-order valence-corrected chi connectivity index (χ4v) is 1.10. The Hall–Kier alpha value is -2.12. The van der Waals surface area contributed by atoms with Crippen LogP contribution >= 0.6 is 0 Å². The Morgan fingerprint density at radius 3 is 2.71 bits per heavy atom. The second-order valence-corrected chi connectivity index (χ2v) is 2.88. The molecule has 92 valence electrons. The minimum absolute atomic E-state index is 0.0571. The van der Waals surface area contributed by atoms with E-state index in [1.54, 1.807) is 0 Å². The van der Waals surface area contributed by atoms with E-state index in [1.165, 1.54) is 6.92 Å². The highest BCUT2D eigenvalue weighted by molar-refractivity contribution is 5.87. The summed E-state index contributed by atoms with van der Waals surface area (Å²) in [5.41, 5.74) is -2.25. The van der Waals surface area contributed by atoms with Gasteiger partial charge < -0.3 is 4.74 Å². The molecule has 17 heavy (non-hydrogen) atoms. The van der Waals surface area contributed by atoms with Crippen LogP contribution in [0.5, 0.6) is 0 Å². The zero-order valence-electron chi connectivity index (χ0n) is 8.72. The minimum Gasteiger partial charge on any atom is -0.461 e. The van der Waals surface area contributed by atoms with E-state index in [2.05, 4.69) is 9.72 Å². The number of halogens is 2. The zero-order valence-corrected chi connectivity index (χ0v) is 8.72. The van der Waals surface area contributed by atoms with E-state index in [-0.39, 0.29) is 12.3 Å². The van der Waals surface area contributed by atoms with Gasteiger partial charge in [-0.1, -0.05) is 0 Å². The Bertz CT molecular complexity index is 451. The van der Waals surface area contributed by atoms with Crippen LogP contribution in [0.15, 0.2) is 12.1 Å². The van der Waals surface area contributed by atoms with Crippen LogP contribution in [0.3, 0.4) is 0 Å². The Morgan fingerprint density at radius 1 is 1.59 bits per heavy atom. The van der Waals surface area contributed by atoms with E-state index < -0.39 is 28.7 Å². The first kappa shape index (κ1) is 12.9. The number of nitro groups is 1. The fraction of sp³-hybridized carbons (Fsp3) is 0.333. The molecule has 0 aromatic carbocycles. The maximum absolute atomic E-state index is 12.5. The number of carbonyl (C=O) groups is 1. The summed E-state index contributed by atoms with van der Waals surface area (Å²) in [6.07, 6.45) is -3.13. The lowest BCUT2D eigenvalue weighted by Gasteiger charge is -2.04. The summed E-state index contributed by atoms with van der Waals surface area (Å²) in [6.45, 7) is 1.60. The molecular formula is C9H8F2N2O4. The molecule has 8 heteroatoms. The van der Waals surface area contributed by atoms with Crippen molar-refractivity contribution in [2.45, 2.75) is 13.3 Å². The quantitative estimate of drug-likeness (QED) is 0.461. The van der Waals surface area contributed by atoms with Crippen LogP contribution in [-0.2, 0) is 4.74 Å². The lowest BCUT2D eigenvalue weighted by molar-refractivity contribution is -0.386. The third-order valence-corrected chi connectivity index (χ3v) is 1.79. The van der Waals surface area contributed by atoms with Crippen LogP contribution in [0.4, 0.5) is 14.5 Å².